The SMILES string of the molecule is N#CC(=Cc1ccc([N+](=O)[O-])o1)c1nc2cc(C(F)(F)F)ccc2s1. The summed E-state index contributed by atoms with van der Waals surface area (Å²) in [6.45, 7) is 0. The Labute approximate surface area is 141 Å². The maximum Gasteiger partial charge on any atom is 0.433 e. The summed E-state index contributed by atoms with van der Waals surface area (Å²) in [6.07, 6.45) is -3.24. The molecular weight excluding hydrogens is 359 g/mol. The molecule has 126 valence electrons. The predicted octanol–water partition coefficient (Wildman–Crippen LogP) is 4.88. The molecule has 6 nitrogen and oxygen atoms in total. The molecule has 0 unspecified atom stereocenters. The number of hydrogen-bond acceptors (Lipinski definition) is 6. The summed E-state index contributed by atoms with van der Waals surface area (Å²) < 4.78 is 43.7. The van der Waals surface area contributed by atoms with Gasteiger partial charge in [-0.3, -0.25) is 10.1 Å². The van der Waals surface area contributed by atoms with Crippen LogP contribution in [-0.2, 0) is 6.18 Å². The van der Waals surface area contributed by atoms with Gasteiger partial charge in [-0.15, -0.1) is 11.3 Å². The van der Waals surface area contributed by atoms with E-state index in [0.717, 1.165) is 29.5 Å². The lowest BCUT2D eigenvalue weighted by atomic mass is 10.2. The number of furan rings is 1. The highest BCUT2D eigenvalue weighted by atomic mass is 32.1. The molecular formula is C15H6F3N3O3S. The molecule has 0 atom stereocenters. The number of nitriles is 1. The van der Waals surface area contributed by atoms with E-state index in [-0.39, 0.29) is 21.9 Å². The van der Waals surface area contributed by atoms with Crippen molar-refractivity contribution in [2.24, 2.45) is 0 Å². The van der Waals surface area contributed by atoms with Crippen LogP contribution in [0, 0.1) is 21.4 Å². The number of rotatable bonds is 3. The molecule has 3 aromatic rings. The lowest BCUT2D eigenvalue weighted by Gasteiger charge is -2.04. The quantitative estimate of drug-likeness (QED) is 0.375. The average molecular weight is 365 g/mol. The standard InChI is InChI=1S/C15H6F3N3O3S/c16-15(17,18)9-1-3-12-11(6-9)20-14(25-12)8(7-19)5-10-2-4-13(24-10)21(22)23/h1-6H. The molecule has 0 aliphatic rings. The van der Waals surface area contributed by atoms with Crippen molar-refractivity contribution in [2.45, 2.75) is 6.18 Å². The first-order chi connectivity index (χ1) is 11.8. The van der Waals surface area contributed by atoms with Gasteiger partial charge in [0, 0.05) is 6.08 Å². The molecule has 10 heteroatoms. The first kappa shape index (κ1) is 16.7. The van der Waals surface area contributed by atoms with Crippen LogP contribution >= 0.6 is 11.3 Å². The summed E-state index contributed by atoms with van der Waals surface area (Å²) >= 11 is 1.04. The fraction of sp³-hybridized carbons (Fsp3) is 0.0667. The van der Waals surface area contributed by atoms with Gasteiger partial charge in [-0.25, -0.2) is 4.98 Å². The van der Waals surface area contributed by atoms with Crippen molar-refractivity contribution in [2.75, 3.05) is 0 Å². The predicted molar refractivity (Wildman–Crippen MR) is 83.5 cm³/mol. The minimum absolute atomic E-state index is 0.0269. The molecule has 0 radical (unpaired) electrons. The molecule has 0 spiro atoms. The smallest absolute Gasteiger partial charge is 0.401 e. The van der Waals surface area contributed by atoms with Crippen LogP contribution in [0.25, 0.3) is 21.9 Å². The van der Waals surface area contributed by atoms with Crippen molar-refractivity contribution in [1.29, 1.82) is 5.26 Å². The molecule has 25 heavy (non-hydrogen) atoms. The Kier molecular flexibility index (Phi) is 4.02. The highest BCUT2D eigenvalue weighted by Gasteiger charge is 2.30. The zero-order chi connectivity index (χ0) is 18.2. The zero-order valence-electron chi connectivity index (χ0n) is 12.1. The average Bonchev–Trinajstić information content (AvgIpc) is 3.17. The highest BCUT2D eigenvalue weighted by Crippen LogP contribution is 2.34. The van der Waals surface area contributed by atoms with E-state index in [9.17, 15) is 28.5 Å². The van der Waals surface area contributed by atoms with E-state index in [4.69, 9.17) is 4.42 Å². The van der Waals surface area contributed by atoms with Crippen molar-refractivity contribution in [3.63, 3.8) is 0 Å². The van der Waals surface area contributed by atoms with Gasteiger partial charge < -0.3 is 4.42 Å². The number of allylic oxidation sites excluding steroid dienone is 1. The minimum atomic E-state index is -4.49. The lowest BCUT2D eigenvalue weighted by molar-refractivity contribution is -0.402. The summed E-state index contributed by atoms with van der Waals surface area (Å²) in [7, 11) is 0. The van der Waals surface area contributed by atoms with E-state index >= 15 is 0 Å². The number of halogens is 3. The maximum atomic E-state index is 12.7. The normalized spacial score (nSPS) is 12.3. The van der Waals surface area contributed by atoms with Crippen molar-refractivity contribution in [3.05, 3.63) is 56.8 Å². The highest BCUT2D eigenvalue weighted by molar-refractivity contribution is 7.19. The number of fused-ring (bicyclic) bond motifs is 1. The summed E-state index contributed by atoms with van der Waals surface area (Å²) in [6, 6.07) is 7.44. The molecule has 0 bridgehead atoms. The third-order valence-electron chi connectivity index (χ3n) is 3.14. The molecule has 0 amide bonds. The van der Waals surface area contributed by atoms with Gasteiger partial charge in [-0.2, -0.15) is 18.4 Å². The van der Waals surface area contributed by atoms with Gasteiger partial charge in [0.1, 0.15) is 21.8 Å². The largest absolute Gasteiger partial charge is 0.433 e. The van der Waals surface area contributed by atoms with Crippen LogP contribution < -0.4 is 0 Å². The van der Waals surface area contributed by atoms with E-state index in [2.05, 4.69) is 4.98 Å². The van der Waals surface area contributed by atoms with Gasteiger partial charge in [0.05, 0.1) is 27.4 Å². The molecule has 1 aromatic carbocycles. The van der Waals surface area contributed by atoms with Crippen molar-refractivity contribution < 1.29 is 22.5 Å². The van der Waals surface area contributed by atoms with E-state index in [0.29, 0.717) is 4.70 Å². The van der Waals surface area contributed by atoms with Gasteiger partial charge in [-0.05, 0) is 24.3 Å². The Balaban J connectivity index is 2.02. The van der Waals surface area contributed by atoms with Crippen LogP contribution in [0.2, 0.25) is 0 Å². The Morgan fingerprint density at radius 1 is 1.36 bits per heavy atom. The third kappa shape index (κ3) is 3.36. The van der Waals surface area contributed by atoms with Crippen molar-refractivity contribution >= 4 is 39.1 Å². The molecule has 2 aromatic heterocycles. The number of benzene rings is 1. The summed E-state index contributed by atoms with van der Waals surface area (Å²) in [4.78, 5) is 13.9. The second-order valence-corrected chi connectivity index (χ2v) is 5.83. The van der Waals surface area contributed by atoms with Crippen LogP contribution in [0.1, 0.15) is 16.3 Å². The molecule has 0 saturated heterocycles. The van der Waals surface area contributed by atoms with Gasteiger partial charge in [0.2, 0.25) is 0 Å². The Bertz CT molecular complexity index is 1040. The Hall–Kier alpha value is -3.19. The molecule has 3 rings (SSSR count). The Morgan fingerprint density at radius 3 is 2.72 bits per heavy atom. The first-order valence-corrected chi connectivity index (χ1v) is 7.44. The van der Waals surface area contributed by atoms with Crippen LogP contribution in [0.15, 0.2) is 34.7 Å². The third-order valence-corrected chi connectivity index (χ3v) is 4.21. The van der Waals surface area contributed by atoms with Crippen LogP contribution in [0.5, 0.6) is 0 Å². The summed E-state index contributed by atoms with van der Waals surface area (Å²) in [5, 5.41) is 20.0. The fourth-order valence-electron chi connectivity index (χ4n) is 2.02. The van der Waals surface area contributed by atoms with Crippen molar-refractivity contribution in [1.82, 2.24) is 4.98 Å². The molecule has 0 fully saturated rings. The topological polar surface area (TPSA) is 93.0 Å². The van der Waals surface area contributed by atoms with Crippen molar-refractivity contribution in [3.8, 4) is 6.07 Å². The number of hydrogen-bond donors (Lipinski definition) is 0. The number of alkyl halides is 3. The summed E-state index contributed by atoms with van der Waals surface area (Å²) in [5.74, 6) is -0.416. The van der Waals surface area contributed by atoms with E-state index in [1.165, 1.54) is 18.2 Å². The fourth-order valence-corrected chi connectivity index (χ4v) is 2.93. The van der Waals surface area contributed by atoms with Gasteiger partial charge in [0.25, 0.3) is 0 Å². The van der Waals surface area contributed by atoms with Gasteiger partial charge in [-0.1, -0.05) is 0 Å². The molecule has 2 heterocycles. The lowest BCUT2D eigenvalue weighted by Crippen LogP contribution is -2.03. The first-order valence-electron chi connectivity index (χ1n) is 6.62. The monoisotopic (exact) mass is 365 g/mol. The zero-order valence-corrected chi connectivity index (χ0v) is 12.9. The summed E-state index contributed by atoms with van der Waals surface area (Å²) in [5.41, 5.74) is -0.693. The molecule has 0 aliphatic heterocycles. The molecule has 0 N–H and O–H groups in total. The van der Waals surface area contributed by atoms with Crippen LogP contribution in [-0.4, -0.2) is 9.91 Å². The van der Waals surface area contributed by atoms with Gasteiger partial charge >= 0.3 is 12.1 Å². The van der Waals surface area contributed by atoms with E-state index in [1.54, 1.807) is 0 Å². The van der Waals surface area contributed by atoms with E-state index < -0.39 is 22.5 Å². The van der Waals surface area contributed by atoms with Crippen LogP contribution in [0.4, 0.5) is 19.1 Å². The number of nitrogens with zero attached hydrogens (tertiary/aromatic N) is 3. The molecule has 0 aliphatic carbocycles. The van der Waals surface area contributed by atoms with E-state index in [1.807, 2.05) is 6.07 Å². The van der Waals surface area contributed by atoms with Crippen LogP contribution in [0.3, 0.4) is 0 Å². The minimum Gasteiger partial charge on any atom is -0.401 e. The maximum absolute atomic E-state index is 12.7. The Morgan fingerprint density at radius 2 is 2.12 bits per heavy atom. The number of thiazole rings is 1. The van der Waals surface area contributed by atoms with Gasteiger partial charge in [0.15, 0.2) is 0 Å². The second kappa shape index (κ2) is 6.03. The number of aromatic nitrogens is 1. The molecule has 0 saturated carbocycles. The number of nitro groups is 1. The second-order valence-electron chi connectivity index (χ2n) is 4.80.